The number of aromatic nitrogens is 2. The minimum Gasteiger partial charge on any atom is -0.321 e. The van der Waals surface area contributed by atoms with Gasteiger partial charge < -0.3 is 4.72 Å². The van der Waals surface area contributed by atoms with E-state index in [0.29, 0.717) is 26.7 Å². The fourth-order valence-corrected chi connectivity index (χ4v) is 4.66. The van der Waals surface area contributed by atoms with Crippen molar-refractivity contribution in [3.8, 4) is 21.8 Å². The number of anilines is 1. The third-order valence-corrected chi connectivity index (χ3v) is 6.71. The number of alkyl halides is 3. The first kappa shape index (κ1) is 22.4. The molecule has 0 radical (unpaired) electrons. The molecule has 1 N–H and O–H groups in total. The molecular weight excluding hydrogens is 507 g/mol. The first-order valence-corrected chi connectivity index (χ1v) is 11.4. The number of hydrogen-bond donors (Lipinski definition) is 1. The fourth-order valence-electron chi connectivity index (χ4n) is 2.61. The van der Waals surface area contributed by atoms with Crippen molar-refractivity contribution in [1.29, 1.82) is 0 Å². The zero-order valence-corrected chi connectivity index (χ0v) is 19.3. The molecule has 2 heterocycles. The minimum atomic E-state index is -4.40. The molecule has 3 rings (SSSR count). The molecule has 3 nitrogen and oxygen atoms in total. The van der Waals surface area contributed by atoms with Gasteiger partial charge in [0, 0.05) is 28.4 Å². The summed E-state index contributed by atoms with van der Waals surface area (Å²) in [5.74, 6) is 0.503. The summed E-state index contributed by atoms with van der Waals surface area (Å²) in [6.07, 6.45) is 2.66. The maximum Gasteiger partial charge on any atom is 0.461 e. The molecule has 1 aromatic carbocycles. The highest BCUT2D eigenvalue weighted by Crippen LogP contribution is 2.42. The lowest BCUT2D eigenvalue weighted by Gasteiger charge is -2.12. The number of hydrogen-bond acceptors (Lipinski definition) is 5. The van der Waals surface area contributed by atoms with Crippen molar-refractivity contribution in [3.05, 3.63) is 51.0 Å². The second kappa shape index (κ2) is 9.24. The Bertz CT molecular complexity index is 1010. The van der Waals surface area contributed by atoms with Gasteiger partial charge in [0.1, 0.15) is 5.01 Å². The van der Waals surface area contributed by atoms with Gasteiger partial charge in [0.25, 0.3) is 0 Å². The summed E-state index contributed by atoms with van der Waals surface area (Å²) in [5.41, 5.74) is -0.876. The van der Waals surface area contributed by atoms with Gasteiger partial charge in [0.2, 0.25) is 0 Å². The van der Waals surface area contributed by atoms with E-state index < -0.39 is 5.51 Å². The number of halogens is 5. The quantitative estimate of drug-likeness (QED) is 0.332. The second-order valence-corrected chi connectivity index (χ2v) is 9.51. The van der Waals surface area contributed by atoms with Crippen LogP contribution < -0.4 is 4.72 Å². The van der Waals surface area contributed by atoms with Crippen LogP contribution in [0.25, 0.3) is 21.8 Å². The van der Waals surface area contributed by atoms with Crippen LogP contribution >= 0.6 is 50.8 Å². The summed E-state index contributed by atoms with van der Waals surface area (Å²) in [4.78, 5) is 9.07. The van der Waals surface area contributed by atoms with Gasteiger partial charge in [-0.1, -0.05) is 25.4 Å². The molecule has 0 saturated carbocycles. The van der Waals surface area contributed by atoms with Gasteiger partial charge in [-0.25, -0.2) is 4.98 Å². The molecular formula is C19H16BrClF3N3S2. The average molecular weight is 523 g/mol. The zero-order valence-electron chi connectivity index (χ0n) is 15.3. The van der Waals surface area contributed by atoms with Gasteiger partial charge in [-0.3, -0.25) is 4.98 Å². The Labute approximate surface area is 188 Å². The van der Waals surface area contributed by atoms with Gasteiger partial charge in [-0.2, -0.15) is 13.2 Å². The van der Waals surface area contributed by atoms with Crippen LogP contribution in [0.4, 0.5) is 18.9 Å². The van der Waals surface area contributed by atoms with Crippen LogP contribution in [0.5, 0.6) is 0 Å². The van der Waals surface area contributed by atoms with E-state index in [9.17, 15) is 13.2 Å². The van der Waals surface area contributed by atoms with E-state index in [1.165, 1.54) is 17.4 Å². The predicted molar refractivity (Wildman–Crippen MR) is 119 cm³/mol. The largest absolute Gasteiger partial charge is 0.461 e. The Morgan fingerprint density at radius 3 is 2.72 bits per heavy atom. The minimum absolute atomic E-state index is 0.240. The summed E-state index contributed by atoms with van der Waals surface area (Å²) >= 11 is 10.8. The van der Waals surface area contributed by atoms with E-state index in [2.05, 4.69) is 44.5 Å². The maximum absolute atomic E-state index is 12.4. The molecule has 2 aromatic heterocycles. The molecule has 0 saturated heterocycles. The molecule has 3 aromatic rings. The lowest BCUT2D eigenvalue weighted by molar-refractivity contribution is -0.0323. The number of rotatable bonds is 6. The lowest BCUT2D eigenvalue weighted by atomic mass is 10.1. The highest BCUT2D eigenvalue weighted by Gasteiger charge is 2.29. The van der Waals surface area contributed by atoms with E-state index >= 15 is 0 Å². The fraction of sp³-hybridized carbons (Fsp3) is 0.263. The average Bonchev–Trinajstić information content (AvgIpc) is 3.12. The van der Waals surface area contributed by atoms with E-state index in [4.69, 9.17) is 11.6 Å². The van der Waals surface area contributed by atoms with Crippen molar-refractivity contribution < 1.29 is 13.2 Å². The molecule has 154 valence electrons. The Morgan fingerprint density at radius 1 is 1.28 bits per heavy atom. The molecule has 0 amide bonds. The topological polar surface area (TPSA) is 37.8 Å². The van der Waals surface area contributed by atoms with Gasteiger partial charge in [-0.15, -0.1) is 11.3 Å². The summed E-state index contributed by atoms with van der Waals surface area (Å²) in [5, 5.41) is 3.00. The lowest BCUT2D eigenvalue weighted by Crippen LogP contribution is -2.05. The van der Waals surface area contributed by atoms with Crippen LogP contribution in [0, 0.1) is 5.92 Å². The third kappa shape index (κ3) is 5.87. The number of nitrogens with zero attached hydrogens (tertiary/aromatic N) is 2. The standard InChI is InChI=1S/C19H16BrClF3N3S2/c1-10(2)7-12-8-11(5-6-25-12)18-26-15(9-28-18)13-3-4-14(16(20)17(13)21)27-29-19(22,23)24/h3-6,8-10,27H,7H2,1-2H3. The van der Waals surface area contributed by atoms with Crippen LogP contribution in [0.15, 0.2) is 40.3 Å². The van der Waals surface area contributed by atoms with Crippen molar-refractivity contribution in [2.24, 2.45) is 5.92 Å². The van der Waals surface area contributed by atoms with E-state index in [1.807, 2.05) is 17.5 Å². The first-order chi connectivity index (χ1) is 13.6. The normalized spacial score (nSPS) is 11.9. The summed E-state index contributed by atoms with van der Waals surface area (Å²) in [6, 6.07) is 7.13. The van der Waals surface area contributed by atoms with Gasteiger partial charge in [-0.05, 0) is 52.5 Å². The van der Waals surface area contributed by atoms with Crippen molar-refractivity contribution in [2.45, 2.75) is 25.8 Å². The summed E-state index contributed by atoms with van der Waals surface area (Å²) in [7, 11) is 0. The first-order valence-electron chi connectivity index (χ1n) is 8.54. The van der Waals surface area contributed by atoms with E-state index in [1.54, 1.807) is 12.3 Å². The Hall–Kier alpha value is -1.29. The van der Waals surface area contributed by atoms with E-state index in [0.717, 1.165) is 22.7 Å². The molecule has 0 unspecified atom stereocenters. The van der Waals surface area contributed by atoms with Crippen LogP contribution in [0.2, 0.25) is 5.02 Å². The van der Waals surface area contributed by atoms with Crippen LogP contribution in [0.1, 0.15) is 19.5 Å². The summed E-state index contributed by atoms with van der Waals surface area (Å²) in [6.45, 7) is 4.28. The van der Waals surface area contributed by atoms with Gasteiger partial charge >= 0.3 is 5.51 Å². The van der Waals surface area contributed by atoms with Crippen molar-refractivity contribution >= 4 is 56.5 Å². The molecule has 0 aliphatic rings. The van der Waals surface area contributed by atoms with Crippen molar-refractivity contribution in [1.82, 2.24) is 9.97 Å². The number of nitrogens with one attached hydrogen (secondary N) is 1. The van der Waals surface area contributed by atoms with Crippen LogP contribution in [-0.2, 0) is 6.42 Å². The number of benzene rings is 1. The highest BCUT2D eigenvalue weighted by molar-refractivity contribution is 9.10. The molecule has 0 spiro atoms. The van der Waals surface area contributed by atoms with Gasteiger partial charge in [0.05, 0.1) is 32.8 Å². The third-order valence-electron chi connectivity index (χ3n) is 3.82. The molecule has 0 aliphatic carbocycles. The van der Waals surface area contributed by atoms with Gasteiger partial charge in [0.15, 0.2) is 0 Å². The molecule has 0 fully saturated rings. The molecule has 0 bridgehead atoms. The predicted octanol–water partition coefficient (Wildman–Crippen LogP) is 8.07. The van der Waals surface area contributed by atoms with E-state index in [-0.39, 0.29) is 17.6 Å². The molecule has 10 heteroatoms. The molecule has 29 heavy (non-hydrogen) atoms. The summed E-state index contributed by atoms with van der Waals surface area (Å²) < 4.78 is 39.9. The molecule has 0 aliphatic heterocycles. The zero-order chi connectivity index (χ0) is 21.2. The Balaban J connectivity index is 1.86. The SMILES string of the molecule is CC(C)Cc1cc(-c2nc(-c3ccc(NSC(F)(F)F)c(Br)c3Cl)cs2)ccn1. The van der Waals surface area contributed by atoms with Crippen LogP contribution in [0.3, 0.4) is 0 Å². The Kier molecular flexibility index (Phi) is 7.14. The Morgan fingerprint density at radius 2 is 2.03 bits per heavy atom. The number of pyridine rings is 1. The number of thiazole rings is 1. The van der Waals surface area contributed by atoms with Crippen molar-refractivity contribution in [2.75, 3.05) is 4.72 Å². The highest BCUT2D eigenvalue weighted by atomic mass is 79.9. The van der Waals surface area contributed by atoms with Crippen LogP contribution in [-0.4, -0.2) is 15.5 Å². The van der Waals surface area contributed by atoms with Crippen molar-refractivity contribution in [3.63, 3.8) is 0 Å². The maximum atomic E-state index is 12.4. The molecule has 0 atom stereocenters. The monoisotopic (exact) mass is 521 g/mol. The second-order valence-electron chi connectivity index (χ2n) is 6.61. The smallest absolute Gasteiger partial charge is 0.321 e.